The number of nitrogens with one attached hydrogen (secondary N) is 3. The number of aryl methyl sites for hydroxylation is 1. The number of carbonyl (C=O) groups excluding carboxylic acids is 3. The van der Waals surface area contributed by atoms with Gasteiger partial charge in [0.05, 0.1) is 4.90 Å². The van der Waals surface area contributed by atoms with Crippen LogP contribution in [0.25, 0.3) is 0 Å². The highest BCUT2D eigenvalue weighted by atomic mass is 32.2. The van der Waals surface area contributed by atoms with E-state index in [1.807, 2.05) is 33.0 Å². The maximum atomic E-state index is 12.6. The molecule has 0 spiro atoms. The van der Waals surface area contributed by atoms with Gasteiger partial charge in [-0.2, -0.15) is 4.72 Å². The van der Waals surface area contributed by atoms with Crippen LogP contribution in [0.5, 0.6) is 0 Å². The Hall–Kier alpha value is -2.46. The van der Waals surface area contributed by atoms with E-state index in [1.54, 1.807) is 12.1 Å². The molecule has 10 heteroatoms. The first-order valence-electron chi connectivity index (χ1n) is 9.38. The van der Waals surface area contributed by atoms with Gasteiger partial charge in [-0.25, -0.2) is 13.2 Å². The number of ether oxygens (including phenoxy) is 1. The Morgan fingerprint density at radius 3 is 2.28 bits per heavy atom. The summed E-state index contributed by atoms with van der Waals surface area (Å²) in [6, 6.07) is 4.33. The zero-order valence-corrected chi connectivity index (χ0v) is 18.0. The maximum absolute atomic E-state index is 12.6. The van der Waals surface area contributed by atoms with E-state index in [-0.39, 0.29) is 17.2 Å². The Bertz CT molecular complexity index is 806. The number of amides is 3. The molecule has 1 aromatic carbocycles. The van der Waals surface area contributed by atoms with Crippen LogP contribution in [0.4, 0.5) is 4.79 Å². The summed E-state index contributed by atoms with van der Waals surface area (Å²) in [7, 11) is -3.95. The Morgan fingerprint density at radius 1 is 1.10 bits per heavy atom. The average Bonchev–Trinajstić information content (AvgIpc) is 2.63. The van der Waals surface area contributed by atoms with Crippen molar-refractivity contribution in [1.82, 2.24) is 15.4 Å². The lowest BCUT2D eigenvalue weighted by atomic mass is 10.1. The number of hydrogen-bond acceptors (Lipinski definition) is 6. The monoisotopic (exact) mass is 427 g/mol. The number of urea groups is 1. The van der Waals surface area contributed by atoms with Gasteiger partial charge in [-0.05, 0) is 37.8 Å². The number of hydrogen-bond donors (Lipinski definition) is 3. The number of rotatable bonds is 10. The van der Waals surface area contributed by atoms with Crippen LogP contribution in [-0.4, -0.2) is 45.5 Å². The molecule has 0 heterocycles. The SMILES string of the molecule is CCCNC(=O)NC(=O)COC(=O)[C@@H](CC(C)C)NS(=O)(=O)c1ccc(C)cc1. The minimum Gasteiger partial charge on any atom is -0.454 e. The van der Waals surface area contributed by atoms with E-state index in [4.69, 9.17) is 4.74 Å². The van der Waals surface area contributed by atoms with Gasteiger partial charge in [-0.15, -0.1) is 0 Å². The van der Waals surface area contributed by atoms with E-state index in [1.165, 1.54) is 12.1 Å². The molecule has 1 atom stereocenters. The lowest BCUT2D eigenvalue weighted by molar-refractivity contribution is -0.150. The fourth-order valence-corrected chi connectivity index (χ4v) is 3.52. The van der Waals surface area contributed by atoms with Gasteiger partial charge in [0.1, 0.15) is 6.04 Å². The first-order chi connectivity index (χ1) is 13.5. The highest BCUT2D eigenvalue weighted by molar-refractivity contribution is 7.89. The zero-order valence-electron chi connectivity index (χ0n) is 17.2. The Morgan fingerprint density at radius 2 is 1.72 bits per heavy atom. The third kappa shape index (κ3) is 9.05. The van der Waals surface area contributed by atoms with Crippen molar-refractivity contribution in [2.75, 3.05) is 13.2 Å². The first kappa shape index (κ1) is 24.6. The molecule has 162 valence electrons. The number of benzene rings is 1. The number of esters is 1. The van der Waals surface area contributed by atoms with Gasteiger partial charge in [0, 0.05) is 6.54 Å². The normalized spacial score (nSPS) is 12.3. The van der Waals surface area contributed by atoms with E-state index >= 15 is 0 Å². The zero-order chi connectivity index (χ0) is 22.0. The summed E-state index contributed by atoms with van der Waals surface area (Å²) in [5, 5.41) is 4.47. The van der Waals surface area contributed by atoms with E-state index in [2.05, 4.69) is 10.0 Å². The van der Waals surface area contributed by atoms with Crippen LogP contribution in [0.3, 0.4) is 0 Å². The first-order valence-corrected chi connectivity index (χ1v) is 10.9. The average molecular weight is 428 g/mol. The smallest absolute Gasteiger partial charge is 0.324 e. The lowest BCUT2D eigenvalue weighted by Gasteiger charge is -2.19. The van der Waals surface area contributed by atoms with Crippen molar-refractivity contribution in [3.8, 4) is 0 Å². The van der Waals surface area contributed by atoms with Gasteiger partial charge in [-0.3, -0.25) is 14.9 Å². The van der Waals surface area contributed by atoms with Crippen LogP contribution in [0.15, 0.2) is 29.2 Å². The van der Waals surface area contributed by atoms with Crippen molar-refractivity contribution >= 4 is 27.9 Å². The van der Waals surface area contributed by atoms with Crippen molar-refractivity contribution < 1.29 is 27.5 Å². The summed E-state index contributed by atoms with van der Waals surface area (Å²) in [5.41, 5.74) is 0.899. The van der Waals surface area contributed by atoms with Crippen LogP contribution in [0.1, 0.15) is 39.2 Å². The molecule has 0 fully saturated rings. The van der Waals surface area contributed by atoms with Gasteiger partial charge in [0.2, 0.25) is 10.0 Å². The van der Waals surface area contributed by atoms with E-state index in [0.29, 0.717) is 13.0 Å². The van der Waals surface area contributed by atoms with Crippen molar-refractivity contribution in [3.05, 3.63) is 29.8 Å². The quantitative estimate of drug-likeness (QED) is 0.485. The highest BCUT2D eigenvalue weighted by Gasteiger charge is 2.28. The van der Waals surface area contributed by atoms with E-state index < -0.39 is 40.6 Å². The number of sulfonamides is 1. The second-order valence-corrected chi connectivity index (χ2v) is 8.74. The van der Waals surface area contributed by atoms with Crippen molar-refractivity contribution in [3.63, 3.8) is 0 Å². The molecule has 0 unspecified atom stereocenters. The predicted octanol–water partition coefficient (Wildman–Crippen LogP) is 1.47. The highest BCUT2D eigenvalue weighted by Crippen LogP contribution is 2.14. The number of carbonyl (C=O) groups is 3. The molecule has 3 amide bonds. The predicted molar refractivity (Wildman–Crippen MR) is 108 cm³/mol. The molecule has 29 heavy (non-hydrogen) atoms. The van der Waals surface area contributed by atoms with Gasteiger partial charge < -0.3 is 10.1 Å². The summed E-state index contributed by atoms with van der Waals surface area (Å²) in [5.74, 6) is -1.71. The maximum Gasteiger partial charge on any atom is 0.324 e. The van der Waals surface area contributed by atoms with E-state index in [9.17, 15) is 22.8 Å². The lowest BCUT2D eigenvalue weighted by Crippen LogP contribution is -2.45. The summed E-state index contributed by atoms with van der Waals surface area (Å²) in [6.07, 6.45) is 0.886. The minimum absolute atomic E-state index is 0.0121. The Labute approximate surface area is 171 Å². The molecule has 0 bridgehead atoms. The molecule has 0 aromatic heterocycles. The summed E-state index contributed by atoms with van der Waals surface area (Å²) < 4.78 is 32.4. The van der Waals surface area contributed by atoms with Gasteiger partial charge in [0.15, 0.2) is 6.61 Å². The Balaban J connectivity index is 2.74. The van der Waals surface area contributed by atoms with E-state index in [0.717, 1.165) is 5.56 Å². The molecule has 0 saturated heterocycles. The molecular formula is C19H29N3O6S. The second-order valence-electron chi connectivity index (χ2n) is 7.03. The van der Waals surface area contributed by atoms with Crippen LogP contribution >= 0.6 is 0 Å². The summed E-state index contributed by atoms with van der Waals surface area (Å²) >= 11 is 0. The summed E-state index contributed by atoms with van der Waals surface area (Å²) in [6.45, 7) is 7.04. The van der Waals surface area contributed by atoms with Crippen molar-refractivity contribution in [2.45, 2.75) is 51.5 Å². The molecule has 0 saturated carbocycles. The van der Waals surface area contributed by atoms with Crippen molar-refractivity contribution in [2.24, 2.45) is 5.92 Å². The van der Waals surface area contributed by atoms with Gasteiger partial charge in [-0.1, -0.05) is 38.5 Å². The van der Waals surface area contributed by atoms with Crippen LogP contribution < -0.4 is 15.4 Å². The standard InChI is InChI=1S/C19H29N3O6S/c1-5-10-20-19(25)21-17(23)12-28-18(24)16(11-13(2)3)22-29(26,27)15-8-6-14(4)7-9-15/h6-9,13,16,22H,5,10-12H2,1-4H3,(H2,20,21,23,25)/t16-/m1/s1. The van der Waals surface area contributed by atoms with Crippen molar-refractivity contribution in [1.29, 1.82) is 0 Å². The Kier molecular flexibility index (Phi) is 9.76. The molecular weight excluding hydrogens is 398 g/mol. The molecule has 1 rings (SSSR count). The summed E-state index contributed by atoms with van der Waals surface area (Å²) in [4.78, 5) is 35.5. The molecule has 0 radical (unpaired) electrons. The van der Waals surface area contributed by atoms with Gasteiger partial charge >= 0.3 is 12.0 Å². The van der Waals surface area contributed by atoms with Crippen LogP contribution in [0.2, 0.25) is 0 Å². The third-order valence-corrected chi connectivity index (χ3v) is 5.24. The largest absolute Gasteiger partial charge is 0.454 e. The second kappa shape index (κ2) is 11.5. The van der Waals surface area contributed by atoms with Crippen LogP contribution in [-0.2, 0) is 24.3 Å². The molecule has 0 aliphatic carbocycles. The fourth-order valence-electron chi connectivity index (χ4n) is 2.32. The fraction of sp³-hybridized carbons (Fsp3) is 0.526. The molecule has 0 aliphatic heterocycles. The molecule has 3 N–H and O–H groups in total. The topological polar surface area (TPSA) is 131 Å². The van der Waals surface area contributed by atoms with Crippen LogP contribution in [0, 0.1) is 12.8 Å². The minimum atomic E-state index is -3.95. The number of imide groups is 1. The molecule has 0 aliphatic rings. The molecule has 9 nitrogen and oxygen atoms in total. The molecule has 1 aromatic rings. The van der Waals surface area contributed by atoms with Gasteiger partial charge in [0.25, 0.3) is 5.91 Å². The third-order valence-electron chi connectivity index (χ3n) is 3.75.